The number of benzene rings is 1. The maximum atomic E-state index is 13.6. The van der Waals surface area contributed by atoms with Gasteiger partial charge in [-0.05, 0) is 50.3 Å². The molecule has 0 N–H and O–H groups in total. The number of thioether (sulfide) groups is 1. The van der Waals surface area contributed by atoms with Crippen molar-refractivity contribution in [2.45, 2.75) is 45.2 Å². The Morgan fingerprint density at radius 1 is 1.16 bits per heavy atom. The molecule has 3 fully saturated rings. The van der Waals surface area contributed by atoms with Gasteiger partial charge >= 0.3 is 0 Å². The zero-order chi connectivity index (χ0) is 26.9. The molecule has 0 aliphatic carbocycles. The molecule has 2 aromatic rings. The van der Waals surface area contributed by atoms with Gasteiger partial charge in [-0.15, -0.1) is 0 Å². The highest BCUT2D eigenvalue weighted by Gasteiger charge is 2.39. The predicted octanol–water partition coefficient (Wildman–Crippen LogP) is 4.00. The fourth-order valence-corrected chi connectivity index (χ4v) is 8.01. The number of carbonyl (C=O) groups is 2. The van der Waals surface area contributed by atoms with Gasteiger partial charge in [0.2, 0.25) is 5.91 Å². The first-order valence-electron chi connectivity index (χ1n) is 12.8. The van der Waals surface area contributed by atoms with E-state index >= 15 is 0 Å². The molecule has 3 aliphatic heterocycles. The van der Waals surface area contributed by atoms with E-state index < -0.39 is 15.9 Å². The van der Waals surface area contributed by atoms with Crippen LogP contribution in [0.2, 0.25) is 0 Å². The fourth-order valence-electron chi connectivity index (χ4n) is 5.02. The molecule has 0 bridgehead atoms. The summed E-state index contributed by atoms with van der Waals surface area (Å²) >= 11 is 6.62. The van der Waals surface area contributed by atoms with Crippen molar-refractivity contribution in [1.29, 1.82) is 0 Å². The van der Waals surface area contributed by atoms with Crippen molar-refractivity contribution in [1.82, 2.24) is 9.80 Å². The Bertz CT molecular complexity index is 1360. The van der Waals surface area contributed by atoms with E-state index in [0.717, 1.165) is 42.9 Å². The lowest BCUT2D eigenvalue weighted by molar-refractivity contribution is -0.137. The minimum absolute atomic E-state index is 0.0406. The number of amides is 2. The minimum atomic E-state index is -3.23. The van der Waals surface area contributed by atoms with E-state index in [1.165, 1.54) is 23.1 Å². The van der Waals surface area contributed by atoms with Crippen LogP contribution in [0.4, 0.5) is 5.88 Å². The van der Waals surface area contributed by atoms with Gasteiger partial charge < -0.3 is 14.2 Å². The third-order valence-electron chi connectivity index (χ3n) is 7.15. The first-order chi connectivity index (χ1) is 18.2. The van der Waals surface area contributed by atoms with Gasteiger partial charge in [0.1, 0.15) is 16.6 Å². The van der Waals surface area contributed by atoms with Crippen LogP contribution in [0.25, 0.3) is 6.08 Å². The molecule has 3 aliphatic rings. The summed E-state index contributed by atoms with van der Waals surface area (Å²) in [4.78, 5) is 32.3. The Morgan fingerprint density at radius 2 is 1.89 bits per heavy atom. The van der Waals surface area contributed by atoms with Crippen LogP contribution in [0.5, 0.6) is 0 Å². The van der Waals surface area contributed by atoms with Crippen molar-refractivity contribution in [2.24, 2.45) is 0 Å². The largest absolute Gasteiger partial charge is 0.444 e. The summed E-state index contributed by atoms with van der Waals surface area (Å²) < 4.78 is 30.9. The number of hydrogen-bond donors (Lipinski definition) is 0. The van der Waals surface area contributed by atoms with E-state index in [-0.39, 0.29) is 36.4 Å². The number of aryl methyl sites for hydroxylation is 1. The average molecular weight is 574 g/mol. The molecule has 1 atom stereocenters. The summed E-state index contributed by atoms with van der Waals surface area (Å²) in [6.45, 7) is 3.75. The Labute approximate surface area is 232 Å². The number of nitrogens with zero attached hydrogens (tertiary/aromatic N) is 3. The Morgan fingerprint density at radius 3 is 2.58 bits per heavy atom. The van der Waals surface area contributed by atoms with E-state index in [4.69, 9.17) is 16.6 Å². The number of rotatable bonds is 7. The smallest absolute Gasteiger partial charge is 0.266 e. The van der Waals surface area contributed by atoms with Crippen molar-refractivity contribution in [2.75, 3.05) is 36.0 Å². The molecule has 2 amide bonds. The maximum Gasteiger partial charge on any atom is 0.266 e. The molecule has 1 aromatic carbocycles. The molecule has 202 valence electrons. The van der Waals surface area contributed by atoms with Crippen molar-refractivity contribution < 1.29 is 22.4 Å². The number of furan rings is 1. The molecule has 8 nitrogen and oxygen atoms in total. The predicted molar refractivity (Wildman–Crippen MR) is 153 cm³/mol. The van der Waals surface area contributed by atoms with E-state index in [1.54, 1.807) is 11.0 Å². The quantitative estimate of drug-likeness (QED) is 0.363. The van der Waals surface area contributed by atoms with E-state index in [2.05, 4.69) is 4.90 Å². The van der Waals surface area contributed by atoms with Crippen molar-refractivity contribution in [3.63, 3.8) is 0 Å². The summed E-state index contributed by atoms with van der Waals surface area (Å²) in [5.74, 6) is 0.634. The van der Waals surface area contributed by atoms with Crippen LogP contribution in [0.1, 0.15) is 42.6 Å². The summed E-state index contributed by atoms with van der Waals surface area (Å²) in [5.41, 5.74) is 2.00. The SMILES string of the molecule is Cc1ccc(/C=C2\SC(=S)N(CC(=O)N(Cc3ccc(N4CCCCC4)o3)C3CCS(=O)(=O)C3)C2=O)cc1. The molecule has 1 unspecified atom stereocenters. The molecule has 4 heterocycles. The van der Waals surface area contributed by atoms with Gasteiger partial charge in [-0.3, -0.25) is 14.5 Å². The molecular weight excluding hydrogens is 543 g/mol. The second kappa shape index (κ2) is 11.2. The molecule has 3 saturated heterocycles. The number of carbonyl (C=O) groups excluding carboxylic acids is 2. The highest BCUT2D eigenvalue weighted by Crippen LogP contribution is 2.33. The van der Waals surface area contributed by atoms with Crippen LogP contribution in [0.3, 0.4) is 0 Å². The van der Waals surface area contributed by atoms with Crippen molar-refractivity contribution >= 4 is 61.9 Å². The summed E-state index contributed by atoms with van der Waals surface area (Å²) in [7, 11) is -3.23. The molecule has 0 saturated carbocycles. The van der Waals surface area contributed by atoms with Gasteiger partial charge in [0.15, 0.2) is 15.7 Å². The zero-order valence-electron chi connectivity index (χ0n) is 21.3. The van der Waals surface area contributed by atoms with Gasteiger partial charge in [0.25, 0.3) is 5.91 Å². The molecule has 11 heteroatoms. The third kappa shape index (κ3) is 6.16. The Kier molecular flexibility index (Phi) is 7.97. The number of sulfone groups is 1. The number of thiocarbonyl (C=S) groups is 1. The number of hydrogen-bond acceptors (Lipinski definition) is 8. The minimum Gasteiger partial charge on any atom is -0.444 e. The van der Waals surface area contributed by atoms with Crippen LogP contribution < -0.4 is 4.90 Å². The first-order valence-corrected chi connectivity index (χ1v) is 15.9. The molecular formula is C27H31N3O5S3. The molecule has 5 rings (SSSR count). The zero-order valence-corrected chi connectivity index (χ0v) is 23.7. The monoisotopic (exact) mass is 573 g/mol. The molecule has 0 radical (unpaired) electrons. The molecule has 38 heavy (non-hydrogen) atoms. The van der Waals surface area contributed by atoms with Crippen LogP contribution in [0.15, 0.2) is 45.7 Å². The number of piperidine rings is 1. The first kappa shape index (κ1) is 27.0. The summed E-state index contributed by atoms with van der Waals surface area (Å²) in [6.07, 6.45) is 5.57. The standard InChI is InChI=1S/C27H31N3O5S3/c1-19-5-7-20(8-6-19)15-23-26(32)30(27(36)37-23)17-24(31)29(21-11-14-38(33,34)18-21)16-22-9-10-25(35-22)28-12-3-2-4-13-28/h5-10,15,21H,2-4,11-14,16-18H2,1H3/b23-15-. The third-order valence-corrected chi connectivity index (χ3v) is 10.3. The van der Waals surface area contributed by atoms with Gasteiger partial charge in [-0.2, -0.15) is 0 Å². The highest BCUT2D eigenvalue weighted by atomic mass is 32.2. The lowest BCUT2D eigenvalue weighted by atomic mass is 10.1. The topological polar surface area (TPSA) is 91.1 Å². The highest BCUT2D eigenvalue weighted by molar-refractivity contribution is 8.26. The van der Waals surface area contributed by atoms with Crippen LogP contribution in [-0.2, 0) is 26.0 Å². The average Bonchev–Trinajstić information content (AvgIpc) is 3.58. The van der Waals surface area contributed by atoms with E-state index in [9.17, 15) is 18.0 Å². The van der Waals surface area contributed by atoms with Gasteiger partial charge in [-0.25, -0.2) is 8.42 Å². The fraction of sp³-hybridized carbons (Fsp3) is 0.444. The van der Waals surface area contributed by atoms with Gasteiger partial charge in [0.05, 0.1) is 23.0 Å². The second-order valence-corrected chi connectivity index (χ2v) is 13.9. The summed E-state index contributed by atoms with van der Waals surface area (Å²) in [5, 5.41) is 0. The lowest BCUT2D eigenvalue weighted by Crippen LogP contribution is -2.46. The van der Waals surface area contributed by atoms with E-state index in [1.807, 2.05) is 43.3 Å². The lowest BCUT2D eigenvalue weighted by Gasteiger charge is -2.29. The Balaban J connectivity index is 1.32. The van der Waals surface area contributed by atoms with E-state index in [0.29, 0.717) is 21.4 Å². The van der Waals surface area contributed by atoms with Gasteiger partial charge in [0, 0.05) is 25.2 Å². The Hall–Kier alpha value is -2.63. The van der Waals surface area contributed by atoms with Crippen LogP contribution in [-0.4, -0.2) is 71.5 Å². The van der Waals surface area contributed by atoms with Gasteiger partial charge in [-0.1, -0.05) is 53.8 Å². The molecule has 1 aromatic heterocycles. The van der Waals surface area contributed by atoms with Crippen LogP contribution in [0, 0.1) is 6.92 Å². The van der Waals surface area contributed by atoms with Crippen molar-refractivity contribution in [3.05, 3.63) is 58.2 Å². The van der Waals surface area contributed by atoms with Crippen LogP contribution >= 0.6 is 24.0 Å². The summed E-state index contributed by atoms with van der Waals surface area (Å²) in [6, 6.07) is 11.1. The van der Waals surface area contributed by atoms with Crippen molar-refractivity contribution in [3.8, 4) is 0 Å². The maximum absolute atomic E-state index is 13.6. The normalized spacial score (nSPS) is 22.4. The number of anilines is 1. The molecule has 0 spiro atoms. The second-order valence-electron chi connectivity index (χ2n) is 10.0.